The fourth-order valence-corrected chi connectivity index (χ4v) is 2.24. The van der Waals surface area contributed by atoms with Crippen LogP contribution in [0, 0.1) is 0 Å². The van der Waals surface area contributed by atoms with E-state index in [4.69, 9.17) is 0 Å². The zero-order valence-corrected chi connectivity index (χ0v) is 8.20. The Balaban J connectivity index is 2.34. The molecule has 1 aliphatic heterocycles. The summed E-state index contributed by atoms with van der Waals surface area (Å²) >= 11 is 0. The highest BCUT2D eigenvalue weighted by atomic mass is 15.1. The van der Waals surface area contributed by atoms with Gasteiger partial charge >= 0.3 is 0 Å². The van der Waals surface area contributed by atoms with Gasteiger partial charge in [-0.25, -0.2) is 4.98 Å². The van der Waals surface area contributed by atoms with Crippen LogP contribution in [0.1, 0.15) is 18.7 Å². The topological polar surface area (TPSA) is 29.9 Å². The Morgan fingerprint density at radius 2 is 2.50 bits per heavy atom. The third kappa shape index (κ3) is 0.990. The summed E-state index contributed by atoms with van der Waals surface area (Å²) in [7, 11) is 0. The highest BCUT2D eigenvalue weighted by Crippen LogP contribution is 2.24. The molecule has 0 saturated heterocycles. The predicted octanol–water partition coefficient (Wildman–Crippen LogP) is 1.70. The van der Waals surface area contributed by atoms with Crippen molar-refractivity contribution in [3.8, 4) is 0 Å². The Labute approximate surface area is 82.8 Å². The number of rotatable bonds is 0. The van der Waals surface area contributed by atoms with E-state index in [1.165, 1.54) is 11.1 Å². The smallest absolute Gasteiger partial charge is 0.140 e. The van der Waals surface area contributed by atoms with E-state index in [1.54, 1.807) is 0 Å². The number of hydrogen-bond acceptors (Lipinski definition) is 2. The number of fused-ring (bicyclic) bond motifs is 3. The lowest BCUT2D eigenvalue weighted by atomic mass is 10.2. The first-order valence-corrected chi connectivity index (χ1v) is 5.02. The van der Waals surface area contributed by atoms with Gasteiger partial charge in [-0.05, 0) is 25.1 Å². The number of nitrogens with zero attached hydrogens (tertiary/aromatic N) is 2. The molecule has 72 valence electrons. The van der Waals surface area contributed by atoms with E-state index in [2.05, 4.69) is 33.9 Å². The maximum Gasteiger partial charge on any atom is 0.140 e. The second-order valence-electron chi connectivity index (χ2n) is 3.90. The average Bonchev–Trinajstić information content (AvgIpc) is 2.57. The van der Waals surface area contributed by atoms with Crippen molar-refractivity contribution in [2.45, 2.75) is 19.5 Å². The third-order valence-corrected chi connectivity index (χ3v) is 2.86. The van der Waals surface area contributed by atoms with E-state index in [0.717, 1.165) is 18.7 Å². The Morgan fingerprint density at radius 1 is 1.57 bits per heavy atom. The lowest BCUT2D eigenvalue weighted by Gasteiger charge is -2.23. The highest BCUT2D eigenvalue weighted by molar-refractivity contribution is 5.77. The molecule has 0 saturated carbocycles. The quantitative estimate of drug-likeness (QED) is 0.680. The number of hydrogen-bond donors (Lipinski definition) is 1. The molecular formula is C11H13N3. The van der Waals surface area contributed by atoms with Gasteiger partial charge in [-0.15, -0.1) is 0 Å². The van der Waals surface area contributed by atoms with Gasteiger partial charge in [0.2, 0.25) is 0 Å². The van der Waals surface area contributed by atoms with Crippen molar-refractivity contribution in [3.63, 3.8) is 0 Å². The molecule has 0 aromatic carbocycles. The van der Waals surface area contributed by atoms with Crippen LogP contribution in [-0.2, 0) is 6.54 Å². The van der Waals surface area contributed by atoms with Crippen molar-refractivity contribution in [3.05, 3.63) is 30.1 Å². The van der Waals surface area contributed by atoms with Crippen molar-refractivity contribution in [2.24, 2.45) is 0 Å². The molecule has 2 aromatic heterocycles. The van der Waals surface area contributed by atoms with E-state index < -0.39 is 0 Å². The first-order valence-electron chi connectivity index (χ1n) is 5.02. The molecule has 1 atom stereocenters. The summed E-state index contributed by atoms with van der Waals surface area (Å²) in [5.74, 6) is 0. The zero-order valence-electron chi connectivity index (χ0n) is 8.20. The van der Waals surface area contributed by atoms with Crippen LogP contribution in [0.2, 0.25) is 0 Å². The summed E-state index contributed by atoms with van der Waals surface area (Å²) in [6, 6.07) is 6.85. The van der Waals surface area contributed by atoms with E-state index in [-0.39, 0.29) is 0 Å². The highest BCUT2D eigenvalue weighted by Gasteiger charge is 2.18. The van der Waals surface area contributed by atoms with Crippen LogP contribution in [0.5, 0.6) is 0 Å². The lowest BCUT2D eigenvalue weighted by molar-refractivity contribution is 0.437. The van der Waals surface area contributed by atoms with Crippen molar-refractivity contribution in [1.82, 2.24) is 14.9 Å². The van der Waals surface area contributed by atoms with Crippen LogP contribution in [0.3, 0.4) is 0 Å². The van der Waals surface area contributed by atoms with E-state index in [0.29, 0.717) is 6.04 Å². The molecule has 0 spiro atoms. The SMILES string of the molecule is CC1CNCc2cc3cccnc3n21. The molecule has 0 amide bonds. The summed E-state index contributed by atoms with van der Waals surface area (Å²) in [5.41, 5.74) is 2.47. The minimum atomic E-state index is 0.506. The van der Waals surface area contributed by atoms with Gasteiger partial charge in [-0.2, -0.15) is 0 Å². The van der Waals surface area contributed by atoms with Gasteiger partial charge < -0.3 is 9.88 Å². The minimum absolute atomic E-state index is 0.506. The molecular weight excluding hydrogens is 174 g/mol. The maximum absolute atomic E-state index is 4.44. The second-order valence-corrected chi connectivity index (χ2v) is 3.90. The van der Waals surface area contributed by atoms with Gasteiger partial charge in [-0.3, -0.25) is 0 Å². The Hall–Kier alpha value is -1.35. The normalized spacial score (nSPS) is 21.1. The van der Waals surface area contributed by atoms with Crippen LogP contribution in [-0.4, -0.2) is 16.1 Å². The van der Waals surface area contributed by atoms with Crippen LogP contribution >= 0.6 is 0 Å². The first kappa shape index (κ1) is 8.00. The fourth-order valence-electron chi connectivity index (χ4n) is 2.24. The molecule has 1 N–H and O–H groups in total. The number of pyridine rings is 1. The minimum Gasteiger partial charge on any atom is -0.324 e. The van der Waals surface area contributed by atoms with Crippen molar-refractivity contribution >= 4 is 11.0 Å². The molecule has 0 bridgehead atoms. The van der Waals surface area contributed by atoms with Crippen molar-refractivity contribution < 1.29 is 0 Å². The molecule has 1 unspecified atom stereocenters. The summed E-state index contributed by atoms with van der Waals surface area (Å²) in [4.78, 5) is 4.44. The van der Waals surface area contributed by atoms with Gasteiger partial charge in [-0.1, -0.05) is 0 Å². The van der Waals surface area contributed by atoms with Gasteiger partial charge in [0.15, 0.2) is 0 Å². The molecule has 14 heavy (non-hydrogen) atoms. The van der Waals surface area contributed by atoms with E-state index in [9.17, 15) is 0 Å². The largest absolute Gasteiger partial charge is 0.324 e. The summed E-state index contributed by atoms with van der Waals surface area (Å²) in [5, 5.41) is 4.65. The first-order chi connectivity index (χ1) is 6.86. The van der Waals surface area contributed by atoms with Gasteiger partial charge in [0.1, 0.15) is 5.65 Å². The van der Waals surface area contributed by atoms with Crippen LogP contribution in [0.15, 0.2) is 24.4 Å². The third-order valence-electron chi connectivity index (χ3n) is 2.86. The van der Waals surface area contributed by atoms with E-state index >= 15 is 0 Å². The molecule has 3 nitrogen and oxygen atoms in total. The number of aromatic nitrogens is 2. The molecule has 3 heterocycles. The molecule has 2 aromatic rings. The van der Waals surface area contributed by atoms with Crippen LogP contribution in [0.25, 0.3) is 11.0 Å². The standard InChI is InChI=1S/C11H13N3/c1-8-6-12-7-10-5-9-3-2-4-13-11(9)14(8)10/h2-5,8,12H,6-7H2,1H3. The van der Waals surface area contributed by atoms with E-state index in [1.807, 2.05) is 12.3 Å². The molecule has 3 rings (SSSR count). The molecule has 3 heteroatoms. The molecule has 1 aliphatic rings. The molecule has 0 fully saturated rings. The fraction of sp³-hybridized carbons (Fsp3) is 0.364. The summed E-state index contributed by atoms with van der Waals surface area (Å²) in [6.45, 7) is 4.22. The second kappa shape index (κ2) is 2.82. The summed E-state index contributed by atoms with van der Waals surface area (Å²) in [6.07, 6.45) is 1.87. The average molecular weight is 187 g/mol. The van der Waals surface area contributed by atoms with Gasteiger partial charge in [0.05, 0.1) is 0 Å². The van der Waals surface area contributed by atoms with Crippen molar-refractivity contribution in [2.75, 3.05) is 6.54 Å². The Kier molecular flexibility index (Phi) is 1.61. The van der Waals surface area contributed by atoms with Crippen LogP contribution < -0.4 is 5.32 Å². The lowest BCUT2D eigenvalue weighted by Crippen LogP contribution is -2.31. The van der Waals surface area contributed by atoms with Crippen LogP contribution in [0.4, 0.5) is 0 Å². The Bertz CT molecular complexity index is 472. The molecule has 0 aliphatic carbocycles. The Morgan fingerprint density at radius 3 is 3.43 bits per heavy atom. The zero-order chi connectivity index (χ0) is 9.54. The van der Waals surface area contributed by atoms with Gasteiger partial charge in [0, 0.05) is 36.4 Å². The predicted molar refractivity (Wildman–Crippen MR) is 56.2 cm³/mol. The summed E-state index contributed by atoms with van der Waals surface area (Å²) < 4.78 is 2.34. The monoisotopic (exact) mass is 187 g/mol. The van der Waals surface area contributed by atoms with Gasteiger partial charge in [0.25, 0.3) is 0 Å². The molecule has 0 radical (unpaired) electrons. The number of nitrogens with one attached hydrogen (secondary N) is 1. The van der Waals surface area contributed by atoms with Crippen molar-refractivity contribution in [1.29, 1.82) is 0 Å². The maximum atomic E-state index is 4.44.